The molecular formula is C32H30N2O. The number of fused-ring (bicyclic) bond motifs is 4. The standard InChI is InChI=1S/C32H30N2O/c1-3-35-31-18-14-22-7-4-5-8-25(22)29(31)20-33-24-15-12-23(13-16-24)32-27-10-6-9-26(27)28-19-21(2)11-17-30(28)34-32/h4-9,11-20,26-27,32,34H,3,10H2,1-2H3/t26-,27+,32+/m1/s1. The maximum atomic E-state index is 5.90. The number of ether oxygens (including phenoxy) is 1. The first-order valence-corrected chi connectivity index (χ1v) is 12.5. The Kier molecular flexibility index (Phi) is 5.61. The van der Waals surface area contributed by atoms with Crippen molar-refractivity contribution >= 4 is 28.4 Å². The molecule has 3 heteroatoms. The highest BCUT2D eigenvalue weighted by molar-refractivity contribution is 6.03. The molecule has 2 aliphatic rings. The largest absolute Gasteiger partial charge is 0.493 e. The summed E-state index contributed by atoms with van der Waals surface area (Å²) in [5, 5.41) is 6.17. The molecule has 1 aliphatic heterocycles. The lowest BCUT2D eigenvalue weighted by Crippen LogP contribution is -2.29. The number of benzene rings is 4. The van der Waals surface area contributed by atoms with E-state index in [0.717, 1.165) is 28.8 Å². The average molecular weight is 459 g/mol. The molecule has 0 spiro atoms. The summed E-state index contributed by atoms with van der Waals surface area (Å²) < 4.78 is 5.90. The Bertz CT molecular complexity index is 1430. The van der Waals surface area contributed by atoms with Crippen LogP contribution < -0.4 is 10.1 Å². The maximum Gasteiger partial charge on any atom is 0.128 e. The Morgan fingerprint density at radius 3 is 2.71 bits per heavy atom. The first kappa shape index (κ1) is 21.7. The molecule has 3 atom stereocenters. The molecule has 174 valence electrons. The van der Waals surface area contributed by atoms with Crippen LogP contribution in [0.5, 0.6) is 5.75 Å². The monoisotopic (exact) mass is 458 g/mol. The zero-order valence-corrected chi connectivity index (χ0v) is 20.2. The second-order valence-corrected chi connectivity index (χ2v) is 9.55. The van der Waals surface area contributed by atoms with E-state index in [1.54, 1.807) is 0 Å². The number of hydrogen-bond acceptors (Lipinski definition) is 3. The Hall–Kier alpha value is -3.85. The molecule has 4 aromatic carbocycles. The van der Waals surface area contributed by atoms with Gasteiger partial charge in [0.25, 0.3) is 0 Å². The normalized spacial score (nSPS) is 20.6. The van der Waals surface area contributed by atoms with E-state index < -0.39 is 0 Å². The molecule has 0 aromatic heterocycles. The van der Waals surface area contributed by atoms with E-state index in [0.29, 0.717) is 24.5 Å². The minimum atomic E-state index is 0.297. The molecule has 6 rings (SSSR count). The fraction of sp³-hybridized carbons (Fsp3) is 0.219. The summed E-state index contributed by atoms with van der Waals surface area (Å²) in [5.41, 5.74) is 7.29. The Morgan fingerprint density at radius 2 is 1.86 bits per heavy atom. The zero-order valence-electron chi connectivity index (χ0n) is 20.2. The Balaban J connectivity index is 1.29. The van der Waals surface area contributed by atoms with Gasteiger partial charge < -0.3 is 10.1 Å². The van der Waals surface area contributed by atoms with Crippen LogP contribution in [-0.4, -0.2) is 12.8 Å². The third kappa shape index (κ3) is 4.01. The van der Waals surface area contributed by atoms with Crippen molar-refractivity contribution in [3.8, 4) is 5.75 Å². The van der Waals surface area contributed by atoms with Crippen molar-refractivity contribution in [2.24, 2.45) is 10.9 Å². The molecule has 0 saturated heterocycles. The van der Waals surface area contributed by atoms with Crippen molar-refractivity contribution in [2.75, 3.05) is 11.9 Å². The minimum Gasteiger partial charge on any atom is -0.493 e. The second kappa shape index (κ2) is 9.07. The van der Waals surface area contributed by atoms with Gasteiger partial charge in [0.15, 0.2) is 0 Å². The fourth-order valence-electron chi connectivity index (χ4n) is 5.64. The second-order valence-electron chi connectivity index (χ2n) is 9.55. The van der Waals surface area contributed by atoms with Gasteiger partial charge in [-0.05, 0) is 72.4 Å². The fourth-order valence-corrected chi connectivity index (χ4v) is 5.64. The highest BCUT2D eigenvalue weighted by Crippen LogP contribution is 2.50. The molecule has 1 heterocycles. The minimum absolute atomic E-state index is 0.297. The van der Waals surface area contributed by atoms with Crippen LogP contribution in [0, 0.1) is 12.8 Å². The zero-order chi connectivity index (χ0) is 23.8. The van der Waals surface area contributed by atoms with Crippen molar-refractivity contribution in [2.45, 2.75) is 32.2 Å². The molecule has 0 unspecified atom stereocenters. The molecule has 0 amide bonds. The van der Waals surface area contributed by atoms with Crippen LogP contribution in [0.25, 0.3) is 10.8 Å². The van der Waals surface area contributed by atoms with Crippen molar-refractivity contribution < 1.29 is 4.74 Å². The van der Waals surface area contributed by atoms with Gasteiger partial charge in [-0.15, -0.1) is 0 Å². The summed E-state index contributed by atoms with van der Waals surface area (Å²) in [6, 6.07) is 28.3. The van der Waals surface area contributed by atoms with Crippen molar-refractivity contribution in [3.05, 3.63) is 113 Å². The van der Waals surface area contributed by atoms with Crippen molar-refractivity contribution in [1.29, 1.82) is 0 Å². The third-order valence-electron chi connectivity index (χ3n) is 7.34. The third-order valence-corrected chi connectivity index (χ3v) is 7.34. The average Bonchev–Trinajstić information content (AvgIpc) is 3.39. The van der Waals surface area contributed by atoms with Crippen LogP contribution in [0.3, 0.4) is 0 Å². The van der Waals surface area contributed by atoms with E-state index in [9.17, 15) is 0 Å². The SMILES string of the molecule is CCOc1ccc2ccccc2c1C=Nc1ccc([C@@H]2Nc3ccc(C)cc3[C@@H]3C=CC[C@@H]32)cc1. The van der Waals surface area contributed by atoms with Crippen LogP contribution >= 0.6 is 0 Å². The van der Waals surface area contributed by atoms with Crippen LogP contribution in [0.2, 0.25) is 0 Å². The summed E-state index contributed by atoms with van der Waals surface area (Å²) in [4.78, 5) is 4.83. The van der Waals surface area contributed by atoms with E-state index in [4.69, 9.17) is 9.73 Å². The van der Waals surface area contributed by atoms with Gasteiger partial charge in [0.05, 0.1) is 18.3 Å². The van der Waals surface area contributed by atoms with E-state index in [-0.39, 0.29) is 0 Å². The van der Waals surface area contributed by atoms with Crippen molar-refractivity contribution in [1.82, 2.24) is 0 Å². The van der Waals surface area contributed by atoms with Gasteiger partial charge in [0, 0.05) is 23.4 Å². The lowest BCUT2D eigenvalue weighted by atomic mass is 9.76. The van der Waals surface area contributed by atoms with Crippen LogP contribution in [0.15, 0.2) is 96.0 Å². The number of allylic oxidation sites excluding steroid dienone is 2. The summed E-state index contributed by atoms with van der Waals surface area (Å²) in [6.45, 7) is 4.81. The molecule has 4 aromatic rings. The number of aryl methyl sites for hydroxylation is 1. The lowest BCUT2D eigenvalue weighted by molar-refractivity contribution is 0.340. The number of nitrogens with zero attached hydrogens (tertiary/aromatic N) is 1. The highest BCUT2D eigenvalue weighted by atomic mass is 16.5. The number of rotatable bonds is 5. The molecular weight excluding hydrogens is 428 g/mol. The predicted molar refractivity (Wildman–Crippen MR) is 146 cm³/mol. The summed E-state index contributed by atoms with van der Waals surface area (Å²) >= 11 is 0. The van der Waals surface area contributed by atoms with E-state index in [1.165, 1.54) is 27.8 Å². The van der Waals surface area contributed by atoms with Crippen LogP contribution in [0.1, 0.15) is 47.6 Å². The first-order valence-electron chi connectivity index (χ1n) is 12.5. The number of hydrogen-bond donors (Lipinski definition) is 1. The molecule has 3 nitrogen and oxygen atoms in total. The van der Waals surface area contributed by atoms with Crippen LogP contribution in [-0.2, 0) is 0 Å². The van der Waals surface area contributed by atoms with Gasteiger partial charge in [-0.3, -0.25) is 4.99 Å². The molecule has 0 radical (unpaired) electrons. The van der Waals surface area contributed by atoms with Gasteiger partial charge in [0.1, 0.15) is 5.75 Å². The molecule has 0 saturated carbocycles. The van der Waals surface area contributed by atoms with Gasteiger partial charge in [-0.1, -0.05) is 72.3 Å². The molecule has 35 heavy (non-hydrogen) atoms. The molecule has 1 N–H and O–H groups in total. The molecule has 0 bridgehead atoms. The smallest absolute Gasteiger partial charge is 0.128 e. The van der Waals surface area contributed by atoms with Gasteiger partial charge in [0.2, 0.25) is 0 Å². The lowest BCUT2D eigenvalue weighted by Gasteiger charge is -2.37. The molecule has 1 aliphatic carbocycles. The molecule has 0 fully saturated rings. The van der Waals surface area contributed by atoms with E-state index >= 15 is 0 Å². The highest BCUT2D eigenvalue weighted by Gasteiger charge is 2.37. The number of anilines is 1. The first-order chi connectivity index (χ1) is 17.2. The summed E-state index contributed by atoms with van der Waals surface area (Å²) in [6.07, 6.45) is 7.80. The Morgan fingerprint density at radius 1 is 1.00 bits per heavy atom. The predicted octanol–water partition coefficient (Wildman–Crippen LogP) is 8.12. The summed E-state index contributed by atoms with van der Waals surface area (Å²) in [5.74, 6) is 1.90. The number of aliphatic imine (C=N–C) groups is 1. The van der Waals surface area contributed by atoms with Crippen LogP contribution in [0.4, 0.5) is 11.4 Å². The topological polar surface area (TPSA) is 33.6 Å². The quantitative estimate of drug-likeness (QED) is 0.242. The summed E-state index contributed by atoms with van der Waals surface area (Å²) in [7, 11) is 0. The van der Waals surface area contributed by atoms with Gasteiger partial charge >= 0.3 is 0 Å². The maximum absolute atomic E-state index is 5.90. The number of nitrogens with one attached hydrogen (secondary N) is 1. The van der Waals surface area contributed by atoms with E-state index in [2.05, 4.69) is 97.2 Å². The Labute approximate surface area is 207 Å². The van der Waals surface area contributed by atoms with Gasteiger partial charge in [-0.2, -0.15) is 0 Å². The van der Waals surface area contributed by atoms with E-state index in [1.807, 2.05) is 19.2 Å². The van der Waals surface area contributed by atoms with Gasteiger partial charge in [-0.25, -0.2) is 0 Å². The van der Waals surface area contributed by atoms with Crippen molar-refractivity contribution in [3.63, 3.8) is 0 Å².